The van der Waals surface area contributed by atoms with Gasteiger partial charge in [-0.15, -0.1) is 0 Å². The number of hydrogen-bond acceptors (Lipinski definition) is 4. The number of aliphatic hydroxyl groups excluding tert-OH is 1. The smallest absolute Gasteiger partial charge is 0.263 e. The molecule has 0 aliphatic carbocycles. The molecule has 0 aliphatic heterocycles. The molecule has 6 nitrogen and oxygen atoms in total. The molecular weight excluding hydrogens is 374 g/mol. The maximum atomic E-state index is 12.8. The average molecular weight is 393 g/mol. The highest BCUT2D eigenvalue weighted by atomic mass is 32.2. The van der Waals surface area contributed by atoms with Gasteiger partial charge in [-0.05, 0) is 48.7 Å². The highest BCUT2D eigenvalue weighted by molar-refractivity contribution is 7.92. The van der Waals surface area contributed by atoms with Crippen molar-refractivity contribution in [2.75, 3.05) is 4.72 Å². The summed E-state index contributed by atoms with van der Waals surface area (Å²) in [6.45, 7) is 10.3. The van der Waals surface area contributed by atoms with Crippen molar-refractivity contribution in [2.24, 2.45) is 0 Å². The van der Waals surface area contributed by atoms with Gasteiger partial charge in [0, 0.05) is 0 Å². The first kappa shape index (κ1) is 19.5. The molecule has 7 heteroatoms. The van der Waals surface area contributed by atoms with E-state index in [1.54, 1.807) is 56.3 Å². The summed E-state index contributed by atoms with van der Waals surface area (Å²) in [7, 11) is -3.83. The fourth-order valence-electron chi connectivity index (χ4n) is 2.79. The topological polar surface area (TPSA) is 83.7 Å². The Morgan fingerprint density at radius 1 is 1.07 bits per heavy atom. The summed E-state index contributed by atoms with van der Waals surface area (Å²) in [5.74, 6) is 0.150. The van der Waals surface area contributed by atoms with Gasteiger partial charge in [0.15, 0.2) is 5.69 Å². The summed E-state index contributed by atoms with van der Waals surface area (Å²) >= 11 is 0. The molecule has 0 fully saturated rings. The van der Waals surface area contributed by atoms with Crippen molar-refractivity contribution in [3.63, 3.8) is 0 Å². The predicted octanol–water partition coefficient (Wildman–Crippen LogP) is 4.46. The van der Waals surface area contributed by atoms with Gasteiger partial charge in [-0.25, -0.2) is 18.2 Å². The molecule has 0 radical (unpaired) electrons. The lowest BCUT2D eigenvalue weighted by Crippen LogP contribution is -2.15. The second-order valence-electron chi connectivity index (χ2n) is 6.37. The van der Waals surface area contributed by atoms with Crippen LogP contribution in [0.3, 0.4) is 0 Å². The van der Waals surface area contributed by atoms with E-state index < -0.39 is 16.1 Å². The van der Waals surface area contributed by atoms with Gasteiger partial charge in [0.25, 0.3) is 10.0 Å². The molecule has 142 valence electrons. The standard InChI is InChI=1S/C21H19N3O3S/c1-14-13-17(16-7-10-18(22-3)11-8-16)9-12-20(14)28(26,27)24-21-6-4-5-19(23-21)15(2)25/h4-13,15,25H,1-2H3,(H,23,24). The first-order chi connectivity index (χ1) is 13.3. The number of pyridine rings is 1. The summed E-state index contributed by atoms with van der Waals surface area (Å²) in [5, 5.41) is 9.62. The van der Waals surface area contributed by atoms with Crippen molar-refractivity contribution in [1.29, 1.82) is 0 Å². The number of sulfonamides is 1. The number of aromatic nitrogens is 1. The van der Waals surface area contributed by atoms with E-state index >= 15 is 0 Å². The number of aryl methyl sites for hydroxylation is 1. The van der Waals surface area contributed by atoms with Crippen molar-refractivity contribution in [2.45, 2.75) is 24.8 Å². The first-order valence-corrected chi connectivity index (χ1v) is 10.0. The molecule has 1 unspecified atom stereocenters. The van der Waals surface area contributed by atoms with Crippen molar-refractivity contribution >= 4 is 21.5 Å². The van der Waals surface area contributed by atoms with Crippen molar-refractivity contribution in [1.82, 2.24) is 4.98 Å². The summed E-state index contributed by atoms with van der Waals surface area (Å²) in [5.41, 5.74) is 3.29. The van der Waals surface area contributed by atoms with Crippen LogP contribution < -0.4 is 4.72 Å². The lowest BCUT2D eigenvalue weighted by Gasteiger charge is -2.12. The van der Waals surface area contributed by atoms with E-state index in [2.05, 4.69) is 14.6 Å². The van der Waals surface area contributed by atoms with E-state index in [0.29, 0.717) is 16.9 Å². The molecule has 28 heavy (non-hydrogen) atoms. The molecule has 2 aromatic carbocycles. The summed E-state index contributed by atoms with van der Waals surface area (Å²) in [6, 6.07) is 17.0. The van der Waals surface area contributed by atoms with Crippen LogP contribution >= 0.6 is 0 Å². The van der Waals surface area contributed by atoms with E-state index in [4.69, 9.17) is 6.57 Å². The van der Waals surface area contributed by atoms with Gasteiger partial charge in [-0.1, -0.05) is 42.5 Å². The van der Waals surface area contributed by atoms with Gasteiger partial charge < -0.3 is 5.11 Å². The van der Waals surface area contributed by atoms with Crippen LogP contribution in [0.1, 0.15) is 24.3 Å². The Morgan fingerprint density at radius 2 is 1.75 bits per heavy atom. The van der Waals surface area contributed by atoms with Crippen molar-refractivity contribution in [3.8, 4) is 11.1 Å². The van der Waals surface area contributed by atoms with E-state index in [1.165, 1.54) is 6.07 Å². The Balaban J connectivity index is 1.90. The number of anilines is 1. The lowest BCUT2D eigenvalue weighted by molar-refractivity contribution is 0.194. The van der Waals surface area contributed by atoms with Gasteiger partial charge >= 0.3 is 0 Å². The third kappa shape index (κ3) is 4.19. The van der Waals surface area contributed by atoms with Crippen LogP contribution in [0.15, 0.2) is 65.6 Å². The molecule has 2 N–H and O–H groups in total. The number of aliphatic hydroxyl groups is 1. The zero-order valence-electron chi connectivity index (χ0n) is 15.4. The van der Waals surface area contributed by atoms with E-state index in [9.17, 15) is 13.5 Å². The van der Waals surface area contributed by atoms with Crippen LogP contribution in [-0.2, 0) is 10.0 Å². The summed E-state index contributed by atoms with van der Waals surface area (Å²) in [6.07, 6.45) is -0.792. The van der Waals surface area contributed by atoms with Crippen LogP contribution in [0.2, 0.25) is 0 Å². The molecule has 0 saturated heterocycles. The van der Waals surface area contributed by atoms with Crippen LogP contribution in [0.5, 0.6) is 0 Å². The van der Waals surface area contributed by atoms with Crippen molar-refractivity contribution in [3.05, 3.63) is 83.3 Å². The van der Waals surface area contributed by atoms with E-state index in [-0.39, 0.29) is 10.7 Å². The number of hydrogen-bond donors (Lipinski definition) is 2. The highest BCUT2D eigenvalue weighted by Crippen LogP contribution is 2.27. The molecule has 1 aromatic heterocycles. The lowest BCUT2D eigenvalue weighted by atomic mass is 10.0. The molecule has 3 aromatic rings. The van der Waals surface area contributed by atoms with Gasteiger partial charge in [-0.2, -0.15) is 0 Å². The fraction of sp³-hybridized carbons (Fsp3) is 0.143. The minimum atomic E-state index is -3.83. The van der Waals surface area contributed by atoms with Gasteiger partial charge in [0.2, 0.25) is 0 Å². The van der Waals surface area contributed by atoms with E-state index in [0.717, 1.165) is 11.1 Å². The number of benzene rings is 2. The molecule has 0 spiro atoms. The van der Waals surface area contributed by atoms with Crippen LogP contribution in [-0.4, -0.2) is 18.5 Å². The third-order valence-corrected chi connectivity index (χ3v) is 5.75. The largest absolute Gasteiger partial charge is 0.387 e. The Morgan fingerprint density at radius 3 is 2.36 bits per heavy atom. The Bertz CT molecular complexity index is 1150. The molecule has 1 atom stereocenters. The second kappa shape index (κ2) is 7.80. The molecular formula is C21H19N3O3S. The number of rotatable bonds is 5. The van der Waals surface area contributed by atoms with Gasteiger partial charge in [0.1, 0.15) is 5.82 Å². The minimum Gasteiger partial charge on any atom is -0.387 e. The highest BCUT2D eigenvalue weighted by Gasteiger charge is 2.18. The predicted molar refractivity (Wildman–Crippen MR) is 109 cm³/mol. The molecule has 0 saturated carbocycles. The molecule has 0 amide bonds. The number of nitrogens with zero attached hydrogens (tertiary/aromatic N) is 2. The molecule has 3 rings (SSSR count). The molecule has 0 bridgehead atoms. The fourth-order valence-corrected chi connectivity index (χ4v) is 4.02. The maximum Gasteiger partial charge on any atom is 0.263 e. The normalized spacial score (nSPS) is 12.2. The monoisotopic (exact) mass is 393 g/mol. The molecule has 0 aliphatic rings. The zero-order valence-corrected chi connectivity index (χ0v) is 16.2. The van der Waals surface area contributed by atoms with Crippen molar-refractivity contribution < 1.29 is 13.5 Å². The minimum absolute atomic E-state index is 0.150. The summed E-state index contributed by atoms with van der Waals surface area (Å²) < 4.78 is 28.0. The Labute approximate surface area is 164 Å². The zero-order chi connectivity index (χ0) is 20.3. The first-order valence-electron chi connectivity index (χ1n) is 8.56. The van der Waals surface area contributed by atoms with Crippen LogP contribution in [0, 0.1) is 13.5 Å². The molecule has 1 heterocycles. The maximum absolute atomic E-state index is 12.8. The quantitative estimate of drug-likeness (QED) is 0.627. The van der Waals surface area contributed by atoms with Crippen LogP contribution in [0.4, 0.5) is 11.5 Å². The van der Waals surface area contributed by atoms with Gasteiger partial charge in [-0.3, -0.25) is 4.72 Å². The van der Waals surface area contributed by atoms with Gasteiger partial charge in [0.05, 0.1) is 23.3 Å². The average Bonchev–Trinajstić information content (AvgIpc) is 2.67. The third-order valence-electron chi connectivity index (χ3n) is 4.23. The SMILES string of the molecule is [C-]#[N+]c1ccc(-c2ccc(S(=O)(=O)Nc3cccc(C(C)O)n3)c(C)c2)cc1. The van der Waals surface area contributed by atoms with E-state index in [1.807, 2.05) is 12.1 Å². The van der Waals surface area contributed by atoms with Crippen LogP contribution in [0.25, 0.3) is 16.0 Å². The number of nitrogens with one attached hydrogen (secondary N) is 1. The Kier molecular flexibility index (Phi) is 5.45. The Hall–Kier alpha value is -3.21. The second-order valence-corrected chi connectivity index (χ2v) is 8.02. The summed E-state index contributed by atoms with van der Waals surface area (Å²) in [4.78, 5) is 7.65.